The first-order valence-electron chi connectivity index (χ1n) is 8.57. The Morgan fingerprint density at radius 3 is 2.25 bits per heavy atom. The fourth-order valence-corrected chi connectivity index (χ4v) is 2.53. The normalized spacial score (nSPS) is 11.6. The minimum Gasteiger partial charge on any atom is -0.439 e. The van der Waals surface area contributed by atoms with E-state index >= 15 is 0 Å². The van der Waals surface area contributed by atoms with Crippen LogP contribution in [0.15, 0.2) is 36.4 Å². The van der Waals surface area contributed by atoms with Crippen LogP contribution < -0.4 is 10.6 Å². The number of benzene rings is 1. The molecule has 0 bridgehead atoms. The predicted molar refractivity (Wildman–Crippen MR) is 108 cm³/mol. The number of nitrogens with zero attached hydrogens (tertiary/aromatic N) is 2. The van der Waals surface area contributed by atoms with Gasteiger partial charge in [-0.15, -0.1) is 0 Å². The molecule has 0 fully saturated rings. The fraction of sp³-hybridized carbons (Fsp3) is 0.368. The van der Waals surface area contributed by atoms with Gasteiger partial charge in [0, 0.05) is 17.3 Å². The lowest BCUT2D eigenvalue weighted by molar-refractivity contribution is -0.384. The number of aromatic nitrogens is 1. The zero-order valence-corrected chi connectivity index (χ0v) is 17.1. The minimum absolute atomic E-state index is 0.0466. The molecule has 0 aliphatic rings. The van der Waals surface area contributed by atoms with Crippen molar-refractivity contribution < 1.29 is 14.5 Å². The van der Waals surface area contributed by atoms with Gasteiger partial charge in [0.05, 0.1) is 4.92 Å². The first-order chi connectivity index (χ1) is 12.9. The number of hydrogen-bond donors (Lipinski definition) is 2. The summed E-state index contributed by atoms with van der Waals surface area (Å²) in [4.78, 5) is 26.6. The number of alkyl carbamates (subject to hydrolysis) is 1. The molecule has 0 saturated carbocycles. The van der Waals surface area contributed by atoms with Crippen LogP contribution in [-0.4, -0.2) is 21.5 Å². The van der Waals surface area contributed by atoms with Crippen LogP contribution in [0.2, 0.25) is 5.15 Å². The molecule has 9 heteroatoms. The van der Waals surface area contributed by atoms with Crippen molar-refractivity contribution in [3.05, 3.63) is 57.2 Å². The van der Waals surface area contributed by atoms with Gasteiger partial charge in [-0.1, -0.05) is 23.7 Å². The van der Waals surface area contributed by atoms with Crippen molar-refractivity contribution in [1.82, 2.24) is 10.3 Å². The molecule has 1 aromatic heterocycles. The summed E-state index contributed by atoms with van der Waals surface area (Å²) in [5, 5.41) is 16.9. The summed E-state index contributed by atoms with van der Waals surface area (Å²) in [6.07, 6.45) is -0.515. The van der Waals surface area contributed by atoms with E-state index in [1.807, 2.05) is 20.8 Å². The molecular formula is C19H23ClN4O4. The summed E-state index contributed by atoms with van der Waals surface area (Å²) < 4.78 is 5.53. The Labute approximate surface area is 168 Å². The highest BCUT2D eigenvalue weighted by molar-refractivity contribution is 6.29. The molecule has 0 aliphatic carbocycles. The average molecular weight is 407 g/mol. The highest BCUT2D eigenvalue weighted by Gasteiger charge is 2.27. The topological polar surface area (TPSA) is 106 Å². The lowest BCUT2D eigenvalue weighted by Gasteiger charge is -2.28. The molecule has 28 heavy (non-hydrogen) atoms. The second-order valence-electron chi connectivity index (χ2n) is 7.74. The van der Waals surface area contributed by atoms with Gasteiger partial charge in [-0.3, -0.25) is 10.1 Å². The third-order valence-electron chi connectivity index (χ3n) is 3.70. The van der Waals surface area contributed by atoms with E-state index in [0.717, 1.165) is 5.56 Å². The van der Waals surface area contributed by atoms with Gasteiger partial charge in [0.1, 0.15) is 10.8 Å². The second-order valence-corrected chi connectivity index (χ2v) is 8.12. The summed E-state index contributed by atoms with van der Waals surface area (Å²) >= 11 is 5.84. The number of halogens is 1. The monoisotopic (exact) mass is 406 g/mol. The lowest BCUT2D eigenvalue weighted by Crippen LogP contribution is -2.43. The zero-order chi connectivity index (χ0) is 21.1. The van der Waals surface area contributed by atoms with Crippen molar-refractivity contribution in [3.63, 3.8) is 0 Å². The van der Waals surface area contributed by atoms with E-state index in [1.165, 1.54) is 12.1 Å². The number of ether oxygens (including phenoxy) is 1. The Bertz CT molecular complexity index is 876. The van der Waals surface area contributed by atoms with Gasteiger partial charge in [-0.2, -0.15) is 0 Å². The Balaban J connectivity index is 2.16. The van der Waals surface area contributed by atoms with Crippen LogP contribution >= 0.6 is 11.6 Å². The average Bonchev–Trinajstić information content (AvgIpc) is 2.52. The van der Waals surface area contributed by atoms with E-state index in [2.05, 4.69) is 15.6 Å². The molecule has 1 heterocycles. The Morgan fingerprint density at radius 2 is 1.71 bits per heavy atom. The molecule has 1 amide bonds. The minimum atomic E-state index is -0.867. The highest BCUT2D eigenvalue weighted by Crippen LogP contribution is 2.30. The summed E-state index contributed by atoms with van der Waals surface area (Å²) in [5.41, 5.74) is -0.114. The van der Waals surface area contributed by atoms with E-state index in [1.54, 1.807) is 38.1 Å². The third-order valence-corrected chi connectivity index (χ3v) is 3.91. The third kappa shape index (κ3) is 5.82. The van der Waals surface area contributed by atoms with Crippen LogP contribution in [0.3, 0.4) is 0 Å². The van der Waals surface area contributed by atoms with Crippen LogP contribution in [0.4, 0.5) is 22.0 Å². The maximum absolute atomic E-state index is 12.1. The zero-order valence-electron chi connectivity index (χ0n) is 16.4. The molecule has 0 atom stereocenters. The lowest BCUT2D eigenvalue weighted by atomic mass is 9.98. The predicted octanol–water partition coefficient (Wildman–Crippen LogP) is 5.15. The summed E-state index contributed by atoms with van der Waals surface area (Å²) in [7, 11) is 0. The van der Waals surface area contributed by atoms with E-state index in [9.17, 15) is 14.9 Å². The van der Waals surface area contributed by atoms with Gasteiger partial charge < -0.3 is 15.4 Å². The molecule has 2 rings (SSSR count). The smallest absolute Gasteiger partial charge is 0.408 e. The fourth-order valence-electron chi connectivity index (χ4n) is 2.38. The Kier molecular flexibility index (Phi) is 6.14. The van der Waals surface area contributed by atoms with Crippen LogP contribution in [0.5, 0.6) is 0 Å². The number of pyridine rings is 1. The van der Waals surface area contributed by atoms with Crippen molar-refractivity contribution >= 4 is 34.9 Å². The van der Waals surface area contributed by atoms with Crippen molar-refractivity contribution in [2.75, 3.05) is 5.32 Å². The second kappa shape index (κ2) is 8.02. The molecule has 0 unspecified atom stereocenters. The largest absolute Gasteiger partial charge is 0.439 e. The Hall–Kier alpha value is -2.87. The van der Waals surface area contributed by atoms with Crippen molar-refractivity contribution in [2.24, 2.45) is 0 Å². The van der Waals surface area contributed by atoms with Crippen molar-refractivity contribution in [1.29, 1.82) is 0 Å². The van der Waals surface area contributed by atoms with E-state index in [4.69, 9.17) is 16.3 Å². The molecular weight excluding hydrogens is 384 g/mol. The van der Waals surface area contributed by atoms with Crippen molar-refractivity contribution in [2.45, 2.75) is 45.8 Å². The number of nitro groups is 1. The Morgan fingerprint density at radius 1 is 1.11 bits per heavy atom. The number of carbonyl (C=O) groups is 1. The number of amides is 1. The SMILES string of the molecule is CC(C)(C)NC(=O)OC(C)(C)c1ccc(Nc2nc(Cl)ccc2[N+](=O)[O-])cc1. The van der Waals surface area contributed by atoms with Crippen LogP contribution in [0.25, 0.3) is 0 Å². The number of anilines is 2. The molecule has 0 saturated heterocycles. The van der Waals surface area contributed by atoms with Gasteiger partial charge in [-0.05, 0) is 58.4 Å². The van der Waals surface area contributed by atoms with Gasteiger partial charge in [0.2, 0.25) is 5.82 Å². The number of rotatable bonds is 5. The van der Waals surface area contributed by atoms with Crippen LogP contribution in [-0.2, 0) is 10.3 Å². The standard InChI is InChI=1S/C19H23ClN4O4/c1-18(2,3)23-17(25)28-19(4,5)12-6-8-13(9-7-12)21-16-14(24(26)27)10-11-15(20)22-16/h6-11H,1-5H3,(H,21,22)(H,23,25). The quantitative estimate of drug-likeness (QED) is 0.404. The molecule has 0 aliphatic heterocycles. The molecule has 150 valence electrons. The molecule has 2 N–H and O–H groups in total. The van der Waals surface area contributed by atoms with Crippen molar-refractivity contribution in [3.8, 4) is 0 Å². The molecule has 0 spiro atoms. The summed E-state index contributed by atoms with van der Waals surface area (Å²) in [5.74, 6) is 0.0466. The molecule has 2 aromatic rings. The first-order valence-corrected chi connectivity index (χ1v) is 8.95. The molecule has 8 nitrogen and oxygen atoms in total. The summed E-state index contributed by atoms with van der Waals surface area (Å²) in [6.45, 7) is 9.16. The van der Waals surface area contributed by atoms with E-state index in [-0.39, 0.29) is 16.7 Å². The van der Waals surface area contributed by atoms with Gasteiger partial charge in [-0.25, -0.2) is 9.78 Å². The van der Waals surface area contributed by atoms with E-state index < -0.39 is 22.2 Å². The highest BCUT2D eigenvalue weighted by atomic mass is 35.5. The molecule has 1 aromatic carbocycles. The van der Waals surface area contributed by atoms with Crippen LogP contribution in [0, 0.1) is 10.1 Å². The maximum atomic E-state index is 12.1. The van der Waals surface area contributed by atoms with Gasteiger partial charge in [0.25, 0.3) is 0 Å². The first kappa shape index (κ1) is 21.4. The number of nitrogens with one attached hydrogen (secondary N) is 2. The van der Waals surface area contributed by atoms with Crippen LogP contribution in [0.1, 0.15) is 40.2 Å². The maximum Gasteiger partial charge on any atom is 0.408 e. The number of carbonyl (C=O) groups excluding carboxylic acids is 1. The summed E-state index contributed by atoms with van der Waals surface area (Å²) in [6, 6.07) is 9.61. The van der Waals surface area contributed by atoms with E-state index in [0.29, 0.717) is 5.69 Å². The van der Waals surface area contributed by atoms with Gasteiger partial charge in [0.15, 0.2) is 0 Å². The number of hydrogen-bond acceptors (Lipinski definition) is 6. The van der Waals surface area contributed by atoms with Gasteiger partial charge >= 0.3 is 11.8 Å². The molecule has 0 radical (unpaired) electrons.